The molecule has 3 aromatic rings. The third-order valence-corrected chi connectivity index (χ3v) is 4.01. The number of hydrogen-bond donors (Lipinski definition) is 2. The van der Waals surface area contributed by atoms with E-state index in [-0.39, 0.29) is 17.5 Å². The monoisotopic (exact) mass is 355 g/mol. The zero-order valence-electron chi connectivity index (χ0n) is 14.6. The Hall–Kier alpha value is -3.09. The summed E-state index contributed by atoms with van der Waals surface area (Å²) < 4.78 is 27.6. The van der Waals surface area contributed by atoms with Crippen LogP contribution < -0.4 is 10.6 Å². The van der Waals surface area contributed by atoms with Gasteiger partial charge in [0.25, 0.3) is 0 Å². The van der Waals surface area contributed by atoms with Crippen molar-refractivity contribution in [3.63, 3.8) is 0 Å². The van der Waals surface area contributed by atoms with Gasteiger partial charge >= 0.3 is 0 Å². The highest BCUT2D eigenvalue weighted by molar-refractivity contribution is 5.65. The van der Waals surface area contributed by atoms with Crippen LogP contribution in [-0.2, 0) is 12.8 Å². The Morgan fingerprint density at radius 1 is 0.846 bits per heavy atom. The average Bonchev–Trinajstić information content (AvgIpc) is 2.65. The second-order valence-corrected chi connectivity index (χ2v) is 5.67. The minimum absolute atomic E-state index is 0.193. The summed E-state index contributed by atoms with van der Waals surface area (Å²) >= 11 is 0. The van der Waals surface area contributed by atoms with E-state index in [0.717, 1.165) is 29.7 Å². The maximum absolute atomic E-state index is 13.8. The largest absolute Gasteiger partial charge is 0.334 e. The van der Waals surface area contributed by atoms with Gasteiger partial charge < -0.3 is 10.6 Å². The SMILES string of the molecule is CCc1cccc(CC)c1Nc1nncc(Nc2c(F)cccc2F)n1. The summed E-state index contributed by atoms with van der Waals surface area (Å²) in [5, 5.41) is 13.6. The van der Waals surface area contributed by atoms with Crippen LogP contribution in [0, 0.1) is 11.6 Å². The minimum atomic E-state index is -0.706. The zero-order chi connectivity index (χ0) is 18.5. The van der Waals surface area contributed by atoms with Crippen LogP contribution in [0.15, 0.2) is 42.6 Å². The van der Waals surface area contributed by atoms with Crippen molar-refractivity contribution < 1.29 is 8.78 Å². The van der Waals surface area contributed by atoms with Crippen LogP contribution in [-0.4, -0.2) is 15.2 Å². The summed E-state index contributed by atoms with van der Waals surface area (Å²) in [6.07, 6.45) is 3.01. The highest BCUT2D eigenvalue weighted by Crippen LogP contribution is 2.26. The van der Waals surface area contributed by atoms with Gasteiger partial charge in [0.15, 0.2) is 5.82 Å². The lowest BCUT2D eigenvalue weighted by Gasteiger charge is -2.14. The van der Waals surface area contributed by atoms with Gasteiger partial charge in [0.2, 0.25) is 5.95 Å². The van der Waals surface area contributed by atoms with Gasteiger partial charge in [0, 0.05) is 5.69 Å². The van der Waals surface area contributed by atoms with Crippen molar-refractivity contribution in [1.29, 1.82) is 0 Å². The number of anilines is 4. The fourth-order valence-corrected chi connectivity index (χ4v) is 2.68. The Labute approximate surface area is 150 Å². The van der Waals surface area contributed by atoms with Gasteiger partial charge in [-0.3, -0.25) is 0 Å². The third kappa shape index (κ3) is 3.77. The zero-order valence-corrected chi connectivity index (χ0v) is 14.6. The fourth-order valence-electron chi connectivity index (χ4n) is 2.68. The Bertz CT molecular complexity index is 872. The molecule has 0 radical (unpaired) electrons. The van der Waals surface area contributed by atoms with E-state index in [9.17, 15) is 8.78 Å². The molecule has 134 valence electrons. The van der Waals surface area contributed by atoms with Crippen LogP contribution in [0.25, 0.3) is 0 Å². The maximum atomic E-state index is 13.8. The number of rotatable bonds is 6. The summed E-state index contributed by atoms with van der Waals surface area (Å²) in [7, 11) is 0. The highest BCUT2D eigenvalue weighted by atomic mass is 19.1. The van der Waals surface area contributed by atoms with Crippen LogP contribution >= 0.6 is 0 Å². The smallest absolute Gasteiger partial charge is 0.249 e. The molecule has 5 nitrogen and oxygen atoms in total. The molecule has 0 fully saturated rings. The van der Waals surface area contributed by atoms with Gasteiger partial charge in [0.1, 0.15) is 17.3 Å². The van der Waals surface area contributed by atoms with E-state index in [1.54, 1.807) is 0 Å². The molecule has 1 heterocycles. The van der Waals surface area contributed by atoms with E-state index in [1.165, 1.54) is 24.4 Å². The number of aromatic nitrogens is 3. The van der Waals surface area contributed by atoms with Crippen molar-refractivity contribution in [2.45, 2.75) is 26.7 Å². The van der Waals surface area contributed by atoms with E-state index in [1.807, 2.05) is 18.2 Å². The molecule has 0 amide bonds. The molecule has 0 aliphatic carbocycles. The molecule has 0 aliphatic rings. The molecule has 0 bridgehead atoms. The second kappa shape index (κ2) is 7.86. The minimum Gasteiger partial charge on any atom is -0.334 e. The Balaban J connectivity index is 1.89. The van der Waals surface area contributed by atoms with Crippen LogP contribution in [0.5, 0.6) is 0 Å². The van der Waals surface area contributed by atoms with E-state index >= 15 is 0 Å². The van der Waals surface area contributed by atoms with Gasteiger partial charge in [-0.1, -0.05) is 38.1 Å². The molecule has 2 N–H and O–H groups in total. The third-order valence-electron chi connectivity index (χ3n) is 4.01. The molecular formula is C19H19F2N5. The predicted octanol–water partition coefficient (Wildman–Crippen LogP) is 4.76. The number of benzene rings is 2. The molecule has 7 heteroatoms. The molecule has 26 heavy (non-hydrogen) atoms. The molecule has 1 aromatic heterocycles. The van der Waals surface area contributed by atoms with Crippen molar-refractivity contribution in [2.75, 3.05) is 10.6 Å². The van der Waals surface area contributed by atoms with Gasteiger partial charge in [-0.05, 0) is 36.1 Å². The number of nitrogens with zero attached hydrogens (tertiary/aromatic N) is 3. The highest BCUT2D eigenvalue weighted by Gasteiger charge is 2.12. The van der Waals surface area contributed by atoms with E-state index < -0.39 is 11.6 Å². The number of aryl methyl sites for hydroxylation is 2. The van der Waals surface area contributed by atoms with Gasteiger partial charge in [-0.2, -0.15) is 10.1 Å². The van der Waals surface area contributed by atoms with E-state index in [4.69, 9.17) is 0 Å². The van der Waals surface area contributed by atoms with Crippen LogP contribution in [0.1, 0.15) is 25.0 Å². The maximum Gasteiger partial charge on any atom is 0.249 e. The first kappa shape index (κ1) is 17.7. The molecule has 0 unspecified atom stereocenters. The van der Waals surface area contributed by atoms with Crippen LogP contribution in [0.3, 0.4) is 0 Å². The van der Waals surface area contributed by atoms with Gasteiger partial charge in [-0.25, -0.2) is 8.78 Å². The summed E-state index contributed by atoms with van der Waals surface area (Å²) in [4.78, 5) is 4.27. The Morgan fingerprint density at radius 3 is 2.08 bits per heavy atom. The van der Waals surface area contributed by atoms with Crippen LogP contribution in [0.4, 0.5) is 31.9 Å². The second-order valence-electron chi connectivity index (χ2n) is 5.67. The Kier molecular flexibility index (Phi) is 5.36. The summed E-state index contributed by atoms with van der Waals surface area (Å²) in [6.45, 7) is 4.13. The summed E-state index contributed by atoms with van der Waals surface area (Å²) in [5.74, 6) is -0.966. The van der Waals surface area contributed by atoms with Crippen molar-refractivity contribution in [3.05, 3.63) is 65.4 Å². The van der Waals surface area contributed by atoms with Crippen LogP contribution in [0.2, 0.25) is 0 Å². The summed E-state index contributed by atoms with van der Waals surface area (Å²) in [5.41, 5.74) is 2.92. The van der Waals surface area contributed by atoms with E-state index in [0.29, 0.717) is 0 Å². The molecule has 0 spiro atoms. The van der Waals surface area contributed by atoms with Gasteiger partial charge in [-0.15, -0.1) is 5.10 Å². The lowest BCUT2D eigenvalue weighted by molar-refractivity contribution is 0.590. The average molecular weight is 355 g/mol. The quantitative estimate of drug-likeness (QED) is 0.667. The number of nitrogens with one attached hydrogen (secondary N) is 2. The normalized spacial score (nSPS) is 10.6. The van der Waals surface area contributed by atoms with Gasteiger partial charge in [0.05, 0.1) is 6.20 Å². The first-order valence-corrected chi connectivity index (χ1v) is 8.41. The van der Waals surface area contributed by atoms with Crippen molar-refractivity contribution in [3.8, 4) is 0 Å². The van der Waals surface area contributed by atoms with E-state index in [2.05, 4.69) is 39.7 Å². The number of hydrogen-bond acceptors (Lipinski definition) is 5. The molecule has 0 saturated carbocycles. The van der Waals surface area contributed by atoms with Crippen molar-refractivity contribution in [1.82, 2.24) is 15.2 Å². The lowest BCUT2D eigenvalue weighted by atomic mass is 10.0. The molecule has 0 saturated heterocycles. The number of halogens is 2. The molecule has 0 atom stereocenters. The lowest BCUT2D eigenvalue weighted by Crippen LogP contribution is -2.06. The molecule has 2 aromatic carbocycles. The first-order valence-electron chi connectivity index (χ1n) is 8.41. The Morgan fingerprint density at radius 2 is 1.46 bits per heavy atom. The topological polar surface area (TPSA) is 62.7 Å². The summed E-state index contributed by atoms with van der Waals surface area (Å²) in [6, 6.07) is 9.72. The standard InChI is InChI=1S/C19H19F2N5/c1-3-12-7-5-8-13(4-2)17(12)25-19-24-16(11-22-26-19)23-18-14(20)9-6-10-15(18)21/h5-11H,3-4H2,1-2H3,(H2,23,24,25,26). The molecular weight excluding hydrogens is 336 g/mol. The van der Waals surface area contributed by atoms with Crippen molar-refractivity contribution >= 4 is 23.1 Å². The van der Waals surface area contributed by atoms with Crippen molar-refractivity contribution in [2.24, 2.45) is 0 Å². The first-order chi connectivity index (χ1) is 12.6. The molecule has 0 aliphatic heterocycles. The number of para-hydroxylation sites is 2. The molecule has 3 rings (SSSR count). The predicted molar refractivity (Wildman–Crippen MR) is 97.9 cm³/mol. The fraction of sp³-hybridized carbons (Fsp3) is 0.211.